The maximum atomic E-state index is 7.72. The van der Waals surface area contributed by atoms with Gasteiger partial charge in [0.1, 0.15) is 10.8 Å². The molecule has 0 radical (unpaired) electrons. The summed E-state index contributed by atoms with van der Waals surface area (Å²) in [4.78, 5) is 5.49. The van der Waals surface area contributed by atoms with E-state index in [-0.39, 0.29) is 5.84 Å². The van der Waals surface area contributed by atoms with Crippen LogP contribution in [0.5, 0.6) is 11.5 Å². The van der Waals surface area contributed by atoms with Gasteiger partial charge in [0.05, 0.1) is 24.8 Å². The number of amidine groups is 1. The highest BCUT2D eigenvalue weighted by Crippen LogP contribution is 2.44. The van der Waals surface area contributed by atoms with E-state index in [1.54, 1.807) is 14.2 Å². The first-order chi connectivity index (χ1) is 10.1. The Morgan fingerprint density at radius 2 is 2.00 bits per heavy atom. The Morgan fingerprint density at radius 3 is 2.57 bits per heavy atom. The summed E-state index contributed by atoms with van der Waals surface area (Å²) >= 11 is 1.46. The zero-order valence-corrected chi connectivity index (χ0v) is 12.8. The summed E-state index contributed by atoms with van der Waals surface area (Å²) in [6, 6.07) is 5.71. The van der Waals surface area contributed by atoms with Gasteiger partial charge in [-0.2, -0.15) is 0 Å². The van der Waals surface area contributed by atoms with Crippen LogP contribution in [0.2, 0.25) is 0 Å². The number of thiazole rings is 1. The maximum Gasteiger partial charge on any atom is 0.161 e. The zero-order valence-electron chi connectivity index (χ0n) is 12.0. The van der Waals surface area contributed by atoms with Gasteiger partial charge in [0, 0.05) is 11.5 Å². The van der Waals surface area contributed by atoms with Gasteiger partial charge in [-0.05, 0) is 31.0 Å². The average Bonchev–Trinajstić information content (AvgIpc) is 3.24. The van der Waals surface area contributed by atoms with Crippen LogP contribution in [-0.4, -0.2) is 25.0 Å². The topological polar surface area (TPSA) is 81.2 Å². The van der Waals surface area contributed by atoms with E-state index >= 15 is 0 Å². The van der Waals surface area contributed by atoms with Crippen LogP contribution < -0.4 is 15.2 Å². The molecular weight excluding hydrogens is 286 g/mol. The molecule has 3 N–H and O–H groups in total. The lowest BCUT2D eigenvalue weighted by atomic mass is 10.2. The molecule has 5 nitrogen and oxygen atoms in total. The van der Waals surface area contributed by atoms with E-state index in [1.165, 1.54) is 11.3 Å². The third-order valence-corrected chi connectivity index (χ3v) is 4.65. The quantitative estimate of drug-likeness (QED) is 0.657. The maximum absolute atomic E-state index is 7.72. The predicted molar refractivity (Wildman–Crippen MR) is 83.6 cm³/mol. The Balaban J connectivity index is 2.04. The third kappa shape index (κ3) is 2.58. The smallest absolute Gasteiger partial charge is 0.161 e. The SMILES string of the molecule is COc1ccc(-c2nc(C3CC3)c(C(=N)N)s2)cc1OC. The highest BCUT2D eigenvalue weighted by molar-refractivity contribution is 7.17. The van der Waals surface area contributed by atoms with Crippen molar-refractivity contribution < 1.29 is 9.47 Å². The van der Waals surface area contributed by atoms with Crippen LogP contribution in [0.4, 0.5) is 0 Å². The summed E-state index contributed by atoms with van der Waals surface area (Å²) in [6.07, 6.45) is 2.27. The Morgan fingerprint density at radius 1 is 1.29 bits per heavy atom. The predicted octanol–water partition coefficient (Wildman–Crippen LogP) is 2.99. The standard InChI is InChI=1S/C15H17N3O2S/c1-19-10-6-5-9(7-11(10)20-2)15-18-12(8-3-4-8)13(21-15)14(16)17/h5-8H,3-4H2,1-2H3,(H3,16,17). The number of nitrogens with one attached hydrogen (secondary N) is 1. The second-order valence-electron chi connectivity index (χ2n) is 4.99. The monoisotopic (exact) mass is 303 g/mol. The van der Waals surface area contributed by atoms with Crippen molar-refractivity contribution in [2.45, 2.75) is 18.8 Å². The van der Waals surface area contributed by atoms with E-state index in [2.05, 4.69) is 0 Å². The first kappa shape index (κ1) is 13.9. The van der Waals surface area contributed by atoms with E-state index in [4.69, 9.17) is 25.6 Å². The molecule has 0 aliphatic heterocycles. The summed E-state index contributed by atoms with van der Waals surface area (Å²) < 4.78 is 10.6. The number of ether oxygens (including phenoxy) is 2. The fraction of sp³-hybridized carbons (Fsp3) is 0.333. The molecule has 21 heavy (non-hydrogen) atoms. The number of nitrogens with zero attached hydrogens (tertiary/aromatic N) is 1. The third-order valence-electron chi connectivity index (χ3n) is 3.49. The molecule has 0 bridgehead atoms. The molecule has 1 heterocycles. The van der Waals surface area contributed by atoms with Crippen molar-refractivity contribution in [2.75, 3.05) is 14.2 Å². The minimum absolute atomic E-state index is 0.0983. The molecule has 0 amide bonds. The minimum Gasteiger partial charge on any atom is -0.493 e. The number of hydrogen-bond donors (Lipinski definition) is 2. The van der Waals surface area contributed by atoms with E-state index in [0.717, 1.165) is 34.0 Å². The molecule has 0 spiro atoms. The second kappa shape index (κ2) is 5.37. The Kier molecular flexibility index (Phi) is 3.55. The van der Waals surface area contributed by atoms with Crippen molar-refractivity contribution >= 4 is 17.2 Å². The van der Waals surface area contributed by atoms with E-state index < -0.39 is 0 Å². The van der Waals surface area contributed by atoms with Gasteiger partial charge in [0.25, 0.3) is 0 Å². The molecule has 1 fully saturated rings. The molecule has 1 aliphatic rings. The highest BCUT2D eigenvalue weighted by atomic mass is 32.1. The molecule has 0 unspecified atom stereocenters. The largest absolute Gasteiger partial charge is 0.493 e. The summed E-state index contributed by atoms with van der Waals surface area (Å²) in [5.74, 6) is 1.92. The number of nitrogen functional groups attached to an aromatic ring is 1. The first-order valence-electron chi connectivity index (χ1n) is 6.71. The number of methoxy groups -OCH3 is 2. The fourth-order valence-corrected chi connectivity index (χ4v) is 3.26. The Hall–Kier alpha value is -2.08. The number of hydrogen-bond acceptors (Lipinski definition) is 5. The average molecular weight is 303 g/mol. The molecule has 110 valence electrons. The molecular formula is C15H17N3O2S. The van der Waals surface area contributed by atoms with Crippen LogP contribution in [0.25, 0.3) is 10.6 Å². The lowest BCUT2D eigenvalue weighted by Crippen LogP contribution is -2.11. The summed E-state index contributed by atoms with van der Waals surface area (Å²) in [5, 5.41) is 8.58. The van der Waals surface area contributed by atoms with Gasteiger partial charge in [-0.25, -0.2) is 4.98 Å². The van der Waals surface area contributed by atoms with Gasteiger partial charge in [0.2, 0.25) is 0 Å². The molecule has 2 aromatic rings. The summed E-state index contributed by atoms with van der Waals surface area (Å²) in [5.41, 5.74) is 7.60. The van der Waals surface area contributed by atoms with Gasteiger partial charge in [-0.1, -0.05) is 0 Å². The van der Waals surface area contributed by atoms with Crippen molar-refractivity contribution in [3.63, 3.8) is 0 Å². The van der Waals surface area contributed by atoms with Gasteiger partial charge in [-0.15, -0.1) is 11.3 Å². The number of nitrogens with two attached hydrogens (primary N) is 1. The van der Waals surface area contributed by atoms with Crippen LogP contribution in [0.3, 0.4) is 0 Å². The molecule has 6 heteroatoms. The van der Waals surface area contributed by atoms with Crippen LogP contribution in [0, 0.1) is 5.41 Å². The molecule has 1 aromatic heterocycles. The van der Waals surface area contributed by atoms with Gasteiger partial charge in [0.15, 0.2) is 11.5 Å². The summed E-state index contributed by atoms with van der Waals surface area (Å²) in [7, 11) is 3.22. The highest BCUT2D eigenvalue weighted by Gasteiger charge is 2.30. The lowest BCUT2D eigenvalue weighted by molar-refractivity contribution is 0.355. The van der Waals surface area contributed by atoms with Crippen molar-refractivity contribution in [1.82, 2.24) is 4.98 Å². The van der Waals surface area contributed by atoms with Gasteiger partial charge < -0.3 is 15.2 Å². The molecule has 1 saturated carbocycles. The molecule has 1 aliphatic carbocycles. The number of rotatable bonds is 5. The minimum atomic E-state index is 0.0983. The van der Waals surface area contributed by atoms with Crippen molar-refractivity contribution in [3.8, 4) is 22.1 Å². The summed E-state index contributed by atoms with van der Waals surface area (Å²) in [6.45, 7) is 0. The van der Waals surface area contributed by atoms with Crippen LogP contribution in [0.15, 0.2) is 18.2 Å². The molecule has 1 aromatic carbocycles. The molecule has 0 saturated heterocycles. The number of benzene rings is 1. The lowest BCUT2D eigenvalue weighted by Gasteiger charge is -2.08. The van der Waals surface area contributed by atoms with Crippen molar-refractivity contribution in [3.05, 3.63) is 28.8 Å². The normalized spacial score (nSPS) is 14.0. The molecule has 0 atom stereocenters. The number of aromatic nitrogens is 1. The van der Waals surface area contributed by atoms with E-state index in [9.17, 15) is 0 Å². The Bertz CT molecular complexity index is 692. The second-order valence-corrected chi connectivity index (χ2v) is 5.99. The van der Waals surface area contributed by atoms with E-state index in [0.29, 0.717) is 17.4 Å². The zero-order chi connectivity index (χ0) is 15.0. The van der Waals surface area contributed by atoms with Crippen molar-refractivity contribution in [1.29, 1.82) is 5.41 Å². The molecule has 3 rings (SSSR count). The van der Waals surface area contributed by atoms with Crippen LogP contribution in [-0.2, 0) is 0 Å². The fourth-order valence-electron chi connectivity index (χ4n) is 2.25. The Labute approximate surface area is 127 Å². The van der Waals surface area contributed by atoms with Crippen LogP contribution in [0.1, 0.15) is 29.3 Å². The van der Waals surface area contributed by atoms with Crippen LogP contribution >= 0.6 is 11.3 Å². The van der Waals surface area contributed by atoms with Gasteiger partial charge in [-0.3, -0.25) is 5.41 Å². The van der Waals surface area contributed by atoms with Gasteiger partial charge >= 0.3 is 0 Å². The van der Waals surface area contributed by atoms with Crippen molar-refractivity contribution in [2.24, 2.45) is 5.73 Å². The first-order valence-corrected chi connectivity index (χ1v) is 7.53. The van der Waals surface area contributed by atoms with E-state index in [1.807, 2.05) is 18.2 Å².